The van der Waals surface area contributed by atoms with Gasteiger partial charge in [0.25, 0.3) is 0 Å². The molecule has 1 rings (SSSR count). The van der Waals surface area contributed by atoms with Gasteiger partial charge in [0.05, 0.1) is 17.6 Å². The number of nitrogens with zero attached hydrogens (tertiary/aromatic N) is 1. The number of halogens is 2. The van der Waals surface area contributed by atoms with Crippen molar-refractivity contribution in [1.82, 2.24) is 0 Å². The summed E-state index contributed by atoms with van der Waals surface area (Å²) in [5, 5.41) is 14.7. The monoisotopic (exact) mass is 268 g/mol. The van der Waals surface area contributed by atoms with Gasteiger partial charge in [0, 0.05) is 5.56 Å². The smallest absolute Gasteiger partial charge is 0.258 e. The van der Waals surface area contributed by atoms with Crippen molar-refractivity contribution in [3.05, 3.63) is 39.4 Å². The number of nitro groups is 1. The van der Waals surface area contributed by atoms with Crippen molar-refractivity contribution < 1.29 is 26.3 Å². The summed E-state index contributed by atoms with van der Waals surface area (Å²) in [6, 6.07) is 0.801. The van der Waals surface area contributed by atoms with Crippen molar-refractivity contribution in [2.75, 3.05) is 0 Å². The highest BCUT2D eigenvalue weighted by molar-refractivity contribution is 7.84. The molecule has 0 spiro atoms. The number of rotatable bonds is 4. The minimum absolute atomic E-state index is 0.331. The lowest BCUT2D eigenvalue weighted by atomic mass is 10.2. The summed E-state index contributed by atoms with van der Waals surface area (Å²) in [4.78, 5) is 9.15. The molecule has 7 nitrogen and oxygen atoms in total. The van der Waals surface area contributed by atoms with Gasteiger partial charge in [-0.25, -0.2) is 9.53 Å². The van der Waals surface area contributed by atoms with E-state index in [1.54, 1.807) is 0 Å². The third kappa shape index (κ3) is 3.69. The summed E-state index contributed by atoms with van der Waals surface area (Å²) in [5.74, 6) is -2.47. The minimum Gasteiger partial charge on any atom is -0.258 e. The summed E-state index contributed by atoms with van der Waals surface area (Å²) < 4.78 is 51.1. The van der Waals surface area contributed by atoms with Gasteiger partial charge in [0.2, 0.25) is 5.82 Å². The zero-order chi connectivity index (χ0) is 13.2. The number of hydrogen-bond acceptors (Lipinski definition) is 5. The minimum atomic E-state index is -4.30. The van der Waals surface area contributed by atoms with Crippen molar-refractivity contribution in [3.8, 4) is 0 Å². The molecule has 0 radical (unpaired) electrons. The van der Waals surface area contributed by atoms with Crippen LogP contribution in [0.3, 0.4) is 0 Å². The van der Waals surface area contributed by atoms with E-state index in [-0.39, 0.29) is 0 Å². The molecule has 1 aromatic carbocycles. The van der Waals surface area contributed by atoms with E-state index in [4.69, 9.17) is 0 Å². The van der Waals surface area contributed by atoms with Gasteiger partial charge in [-0.2, -0.15) is 12.8 Å². The van der Waals surface area contributed by atoms with Crippen LogP contribution in [0.1, 0.15) is 5.56 Å². The van der Waals surface area contributed by atoms with Crippen LogP contribution in [0.15, 0.2) is 12.1 Å². The van der Waals surface area contributed by atoms with E-state index in [1.165, 1.54) is 0 Å². The highest BCUT2D eigenvalue weighted by Gasteiger charge is 2.19. The van der Waals surface area contributed by atoms with Crippen LogP contribution in [-0.4, -0.2) is 13.3 Å². The zero-order valence-corrected chi connectivity index (χ0v) is 8.91. The molecule has 0 aliphatic carbocycles. The van der Waals surface area contributed by atoms with Crippen LogP contribution in [0.2, 0.25) is 0 Å². The summed E-state index contributed by atoms with van der Waals surface area (Å²) in [6.45, 7) is -0.848. The average Bonchev–Trinajstić information content (AvgIpc) is 2.17. The molecule has 0 aliphatic heterocycles. The Morgan fingerprint density at radius 2 is 1.94 bits per heavy atom. The van der Waals surface area contributed by atoms with Gasteiger partial charge in [-0.1, -0.05) is 0 Å². The van der Waals surface area contributed by atoms with Crippen LogP contribution in [0.4, 0.5) is 14.5 Å². The first-order chi connectivity index (χ1) is 7.70. The van der Waals surface area contributed by atoms with Crippen LogP contribution >= 0.6 is 0 Å². The maximum Gasteiger partial charge on any atom is 0.333 e. The highest BCUT2D eigenvalue weighted by atomic mass is 32.2. The molecular formula is C7H6F2N2O5S. The second-order valence-corrected chi connectivity index (χ2v) is 4.13. The van der Waals surface area contributed by atoms with Crippen LogP contribution in [0.5, 0.6) is 0 Å². The Morgan fingerprint density at radius 1 is 1.35 bits per heavy atom. The van der Waals surface area contributed by atoms with Crippen molar-refractivity contribution in [2.24, 2.45) is 5.14 Å². The Hall–Kier alpha value is -1.65. The molecule has 1 aromatic rings. The van der Waals surface area contributed by atoms with Gasteiger partial charge in [-0.05, 0) is 6.07 Å². The zero-order valence-electron chi connectivity index (χ0n) is 8.09. The Morgan fingerprint density at radius 3 is 2.41 bits per heavy atom. The van der Waals surface area contributed by atoms with E-state index in [0.29, 0.717) is 12.1 Å². The molecule has 0 atom stereocenters. The topological polar surface area (TPSA) is 113 Å². The maximum atomic E-state index is 13.2. The Kier molecular flexibility index (Phi) is 3.70. The fraction of sp³-hybridized carbons (Fsp3) is 0.143. The van der Waals surface area contributed by atoms with Gasteiger partial charge >= 0.3 is 16.0 Å². The molecule has 0 unspecified atom stereocenters. The van der Waals surface area contributed by atoms with Gasteiger partial charge < -0.3 is 0 Å². The number of nitro benzene ring substituents is 1. The SMILES string of the molecule is NS(=O)(=O)OCc1cc(F)c([N+](=O)[O-])cc1F. The summed E-state index contributed by atoms with van der Waals surface area (Å²) in [7, 11) is -4.30. The second kappa shape index (κ2) is 4.69. The predicted molar refractivity (Wildman–Crippen MR) is 50.9 cm³/mol. The first-order valence-electron chi connectivity index (χ1n) is 4.00. The van der Waals surface area contributed by atoms with Crippen LogP contribution in [0.25, 0.3) is 0 Å². The third-order valence-corrected chi connectivity index (χ3v) is 2.14. The van der Waals surface area contributed by atoms with E-state index < -0.39 is 44.7 Å². The molecule has 0 heterocycles. The Bertz CT molecular complexity index is 560. The van der Waals surface area contributed by atoms with Gasteiger partial charge in [0.15, 0.2) is 0 Å². The summed E-state index contributed by atoms with van der Waals surface area (Å²) in [6.07, 6.45) is 0. The van der Waals surface area contributed by atoms with E-state index in [0.717, 1.165) is 0 Å². The lowest BCUT2D eigenvalue weighted by molar-refractivity contribution is -0.387. The molecule has 2 N–H and O–H groups in total. The van der Waals surface area contributed by atoms with Crippen molar-refractivity contribution in [1.29, 1.82) is 0 Å². The van der Waals surface area contributed by atoms with E-state index in [9.17, 15) is 27.3 Å². The van der Waals surface area contributed by atoms with Gasteiger partial charge in [0.1, 0.15) is 5.82 Å². The second-order valence-electron chi connectivity index (χ2n) is 2.91. The van der Waals surface area contributed by atoms with Crippen LogP contribution < -0.4 is 5.14 Å². The summed E-state index contributed by atoms with van der Waals surface area (Å²) in [5.41, 5.74) is -1.55. The van der Waals surface area contributed by atoms with E-state index >= 15 is 0 Å². The Balaban J connectivity index is 3.04. The molecule has 17 heavy (non-hydrogen) atoms. The Labute approximate surface area is 94.2 Å². The standard InChI is InChI=1S/C7H6F2N2O5S/c8-5-2-7(11(12)13)6(9)1-4(5)3-16-17(10,14)15/h1-2H,3H2,(H2,10,14,15). The number of hydrogen-bond donors (Lipinski definition) is 1. The normalized spacial score (nSPS) is 11.5. The molecule has 0 fully saturated rings. The quantitative estimate of drug-likeness (QED) is 0.634. The van der Waals surface area contributed by atoms with Crippen LogP contribution in [0, 0.1) is 21.7 Å². The maximum absolute atomic E-state index is 13.2. The van der Waals surface area contributed by atoms with E-state index in [2.05, 4.69) is 9.32 Å². The summed E-state index contributed by atoms with van der Waals surface area (Å²) >= 11 is 0. The molecule has 10 heteroatoms. The lowest BCUT2D eigenvalue weighted by Crippen LogP contribution is -2.16. The lowest BCUT2D eigenvalue weighted by Gasteiger charge is -2.03. The highest BCUT2D eigenvalue weighted by Crippen LogP contribution is 2.21. The molecule has 0 saturated heterocycles. The average molecular weight is 268 g/mol. The molecule has 94 valence electrons. The molecular weight excluding hydrogens is 262 g/mol. The number of nitrogens with two attached hydrogens (primary N) is 1. The molecule has 0 amide bonds. The molecule has 0 aliphatic rings. The van der Waals surface area contributed by atoms with Crippen molar-refractivity contribution in [2.45, 2.75) is 6.61 Å². The van der Waals surface area contributed by atoms with Crippen molar-refractivity contribution in [3.63, 3.8) is 0 Å². The third-order valence-electron chi connectivity index (χ3n) is 1.69. The molecule has 0 bridgehead atoms. The van der Waals surface area contributed by atoms with Crippen molar-refractivity contribution >= 4 is 16.0 Å². The van der Waals surface area contributed by atoms with E-state index in [1.807, 2.05) is 0 Å². The number of benzene rings is 1. The first-order valence-corrected chi connectivity index (χ1v) is 5.47. The predicted octanol–water partition coefficient (Wildman–Crippen LogP) is 0.593. The molecule has 0 saturated carbocycles. The largest absolute Gasteiger partial charge is 0.333 e. The fourth-order valence-electron chi connectivity index (χ4n) is 0.974. The van der Waals surface area contributed by atoms with Crippen LogP contribution in [-0.2, 0) is 21.1 Å². The molecule has 0 aromatic heterocycles. The van der Waals surface area contributed by atoms with Gasteiger partial charge in [-0.3, -0.25) is 14.3 Å². The fourth-order valence-corrected chi connectivity index (χ4v) is 1.26. The van der Waals surface area contributed by atoms with Gasteiger partial charge in [-0.15, -0.1) is 0 Å². The first kappa shape index (κ1) is 13.4.